The Morgan fingerprint density at radius 3 is 2.25 bits per heavy atom. The van der Waals surface area contributed by atoms with Gasteiger partial charge in [0.25, 0.3) is 0 Å². The van der Waals surface area contributed by atoms with Gasteiger partial charge in [-0.05, 0) is 54.7 Å². The molecule has 2 N–H and O–H groups in total. The summed E-state index contributed by atoms with van der Waals surface area (Å²) < 4.78 is 0. The molecule has 0 aliphatic heterocycles. The lowest BCUT2D eigenvalue weighted by molar-refractivity contribution is 0.475. The summed E-state index contributed by atoms with van der Waals surface area (Å²) in [4.78, 5) is 0. The Labute approximate surface area is 99.0 Å². The Bertz CT molecular complexity index is 372. The Morgan fingerprint density at radius 1 is 1.31 bits per heavy atom. The first kappa shape index (κ1) is 11.7. The summed E-state index contributed by atoms with van der Waals surface area (Å²) in [7, 11) is 0. The SMILES string of the molecule is Cc1cccc(C)c1CC(N)C1CC1(C)C. The molecule has 1 heteroatoms. The second-order valence-electron chi connectivity index (χ2n) is 6.04. The molecule has 1 fully saturated rings. The number of rotatable bonds is 3. The molecule has 1 aliphatic rings. The van der Waals surface area contributed by atoms with Crippen LogP contribution in [0.3, 0.4) is 0 Å². The highest BCUT2D eigenvalue weighted by Crippen LogP contribution is 2.53. The van der Waals surface area contributed by atoms with Gasteiger partial charge < -0.3 is 5.73 Å². The molecule has 2 rings (SSSR count). The molecule has 0 bridgehead atoms. The molecule has 1 aromatic carbocycles. The summed E-state index contributed by atoms with van der Waals surface area (Å²) in [6.45, 7) is 9.02. The van der Waals surface area contributed by atoms with Gasteiger partial charge in [-0.1, -0.05) is 32.0 Å². The van der Waals surface area contributed by atoms with Crippen LogP contribution in [-0.2, 0) is 6.42 Å². The van der Waals surface area contributed by atoms with Gasteiger partial charge >= 0.3 is 0 Å². The molecule has 0 radical (unpaired) electrons. The molecular weight excluding hydrogens is 194 g/mol. The number of hydrogen-bond acceptors (Lipinski definition) is 1. The third kappa shape index (κ3) is 2.15. The molecule has 0 aromatic heterocycles. The van der Waals surface area contributed by atoms with Gasteiger partial charge in [0, 0.05) is 6.04 Å². The summed E-state index contributed by atoms with van der Waals surface area (Å²) in [5, 5.41) is 0. The van der Waals surface area contributed by atoms with Gasteiger partial charge in [-0.15, -0.1) is 0 Å². The van der Waals surface area contributed by atoms with E-state index in [1.165, 1.54) is 23.1 Å². The van der Waals surface area contributed by atoms with E-state index in [-0.39, 0.29) is 0 Å². The van der Waals surface area contributed by atoms with Crippen LogP contribution in [0.1, 0.15) is 37.0 Å². The molecule has 2 atom stereocenters. The van der Waals surface area contributed by atoms with Crippen LogP contribution in [0.15, 0.2) is 18.2 Å². The molecule has 1 nitrogen and oxygen atoms in total. The molecule has 1 saturated carbocycles. The minimum atomic E-state index is 0.329. The maximum atomic E-state index is 6.32. The molecule has 16 heavy (non-hydrogen) atoms. The van der Waals surface area contributed by atoms with E-state index < -0.39 is 0 Å². The lowest BCUT2D eigenvalue weighted by Gasteiger charge is -2.17. The fourth-order valence-electron chi connectivity index (χ4n) is 2.79. The molecule has 1 aliphatic carbocycles. The summed E-state index contributed by atoms with van der Waals surface area (Å²) >= 11 is 0. The minimum Gasteiger partial charge on any atom is -0.327 e. The predicted octanol–water partition coefficient (Wildman–Crippen LogP) is 3.22. The van der Waals surface area contributed by atoms with E-state index in [2.05, 4.69) is 45.9 Å². The van der Waals surface area contributed by atoms with Crippen LogP contribution in [0.5, 0.6) is 0 Å². The molecule has 88 valence electrons. The normalized spacial score (nSPS) is 24.2. The first-order chi connectivity index (χ1) is 7.42. The van der Waals surface area contributed by atoms with E-state index in [1.807, 2.05) is 0 Å². The molecule has 0 heterocycles. The highest BCUT2D eigenvalue weighted by atomic mass is 14.7. The Hall–Kier alpha value is -0.820. The fraction of sp³-hybridized carbons (Fsp3) is 0.600. The summed E-state index contributed by atoms with van der Waals surface area (Å²) in [5.74, 6) is 0.714. The van der Waals surface area contributed by atoms with Crippen LogP contribution in [0.25, 0.3) is 0 Å². The molecule has 2 unspecified atom stereocenters. The van der Waals surface area contributed by atoms with Gasteiger partial charge in [-0.25, -0.2) is 0 Å². The summed E-state index contributed by atoms with van der Waals surface area (Å²) in [5.41, 5.74) is 11.0. The monoisotopic (exact) mass is 217 g/mol. The van der Waals surface area contributed by atoms with Crippen molar-refractivity contribution < 1.29 is 0 Å². The lowest BCUT2D eigenvalue weighted by atomic mass is 9.93. The standard InChI is InChI=1S/C15H23N/c1-10-6-5-7-11(2)12(10)8-14(16)13-9-15(13,3)4/h5-7,13-14H,8-9,16H2,1-4H3. The van der Waals surface area contributed by atoms with Crippen LogP contribution >= 0.6 is 0 Å². The van der Waals surface area contributed by atoms with Crippen molar-refractivity contribution >= 4 is 0 Å². The zero-order chi connectivity index (χ0) is 11.9. The van der Waals surface area contributed by atoms with E-state index >= 15 is 0 Å². The zero-order valence-electron chi connectivity index (χ0n) is 10.9. The second-order valence-corrected chi connectivity index (χ2v) is 6.04. The highest BCUT2D eigenvalue weighted by molar-refractivity contribution is 5.34. The van der Waals surface area contributed by atoms with Gasteiger partial charge in [0.1, 0.15) is 0 Å². The highest BCUT2D eigenvalue weighted by Gasteiger charge is 2.48. The minimum absolute atomic E-state index is 0.329. The summed E-state index contributed by atoms with van der Waals surface area (Å²) in [6, 6.07) is 6.83. The first-order valence-electron chi connectivity index (χ1n) is 6.22. The van der Waals surface area contributed by atoms with Gasteiger partial charge in [0.05, 0.1) is 0 Å². The fourth-order valence-corrected chi connectivity index (χ4v) is 2.79. The zero-order valence-corrected chi connectivity index (χ0v) is 10.9. The maximum absolute atomic E-state index is 6.32. The van der Waals surface area contributed by atoms with Crippen molar-refractivity contribution in [2.45, 2.75) is 46.6 Å². The predicted molar refractivity (Wildman–Crippen MR) is 69.5 cm³/mol. The van der Waals surface area contributed by atoms with Gasteiger partial charge in [0.15, 0.2) is 0 Å². The van der Waals surface area contributed by atoms with E-state index in [9.17, 15) is 0 Å². The quantitative estimate of drug-likeness (QED) is 0.826. The number of benzene rings is 1. The number of hydrogen-bond donors (Lipinski definition) is 1. The van der Waals surface area contributed by atoms with Crippen LogP contribution in [0.2, 0.25) is 0 Å². The molecule has 0 saturated heterocycles. The smallest absolute Gasteiger partial charge is 0.0113 e. The lowest BCUT2D eigenvalue weighted by Crippen LogP contribution is -2.28. The topological polar surface area (TPSA) is 26.0 Å². The van der Waals surface area contributed by atoms with Crippen molar-refractivity contribution in [1.82, 2.24) is 0 Å². The molecule has 0 spiro atoms. The van der Waals surface area contributed by atoms with Crippen molar-refractivity contribution in [3.63, 3.8) is 0 Å². The van der Waals surface area contributed by atoms with Crippen molar-refractivity contribution in [1.29, 1.82) is 0 Å². The molecular formula is C15H23N. The van der Waals surface area contributed by atoms with E-state index in [1.54, 1.807) is 0 Å². The van der Waals surface area contributed by atoms with Crippen LogP contribution in [-0.4, -0.2) is 6.04 Å². The van der Waals surface area contributed by atoms with E-state index in [0.29, 0.717) is 17.4 Å². The number of aryl methyl sites for hydroxylation is 2. The maximum Gasteiger partial charge on any atom is 0.0113 e. The summed E-state index contributed by atoms with van der Waals surface area (Å²) in [6.07, 6.45) is 2.33. The molecule has 0 amide bonds. The van der Waals surface area contributed by atoms with Crippen molar-refractivity contribution in [2.75, 3.05) is 0 Å². The first-order valence-corrected chi connectivity index (χ1v) is 6.22. The average molecular weight is 217 g/mol. The Kier molecular flexibility index (Phi) is 2.83. The third-order valence-electron chi connectivity index (χ3n) is 4.19. The van der Waals surface area contributed by atoms with Crippen LogP contribution < -0.4 is 5.73 Å². The Morgan fingerprint density at radius 2 is 1.81 bits per heavy atom. The second kappa shape index (κ2) is 3.89. The van der Waals surface area contributed by atoms with Crippen LogP contribution in [0.4, 0.5) is 0 Å². The Balaban J connectivity index is 2.10. The average Bonchev–Trinajstić information content (AvgIpc) is 2.82. The number of nitrogens with two attached hydrogens (primary N) is 1. The van der Waals surface area contributed by atoms with Gasteiger partial charge in [-0.3, -0.25) is 0 Å². The van der Waals surface area contributed by atoms with E-state index in [0.717, 1.165) is 6.42 Å². The molecule has 1 aromatic rings. The van der Waals surface area contributed by atoms with Crippen molar-refractivity contribution in [3.05, 3.63) is 34.9 Å². The largest absolute Gasteiger partial charge is 0.327 e. The van der Waals surface area contributed by atoms with E-state index in [4.69, 9.17) is 5.73 Å². The van der Waals surface area contributed by atoms with Crippen molar-refractivity contribution in [2.24, 2.45) is 17.1 Å². The third-order valence-corrected chi connectivity index (χ3v) is 4.19. The van der Waals surface area contributed by atoms with Gasteiger partial charge in [0.2, 0.25) is 0 Å². The van der Waals surface area contributed by atoms with Gasteiger partial charge in [-0.2, -0.15) is 0 Å². The van der Waals surface area contributed by atoms with Crippen LogP contribution in [0, 0.1) is 25.2 Å². The van der Waals surface area contributed by atoms with Crippen molar-refractivity contribution in [3.8, 4) is 0 Å².